The maximum Gasteiger partial charge on any atom is 0.410 e. The molecule has 1 aromatic carbocycles. The number of ether oxygens (including phenoxy) is 1. The van der Waals surface area contributed by atoms with Gasteiger partial charge in [0.2, 0.25) is 0 Å². The number of hydrogen-bond acceptors (Lipinski definition) is 9. The first-order valence-electron chi connectivity index (χ1n) is 14.1. The molecule has 222 valence electrons. The summed E-state index contributed by atoms with van der Waals surface area (Å²) in [7, 11) is 0. The number of carbonyl (C=O) groups is 1. The first-order valence-corrected chi connectivity index (χ1v) is 14.9. The highest BCUT2D eigenvalue weighted by Crippen LogP contribution is 2.26. The van der Waals surface area contributed by atoms with Gasteiger partial charge >= 0.3 is 6.09 Å². The van der Waals surface area contributed by atoms with Crippen LogP contribution in [0.3, 0.4) is 0 Å². The predicted octanol–water partition coefficient (Wildman–Crippen LogP) is 4.07. The van der Waals surface area contributed by atoms with E-state index < -0.39 is 5.60 Å². The molecular weight excluding hydrogens is 552 g/mol. The summed E-state index contributed by atoms with van der Waals surface area (Å²) in [4.78, 5) is 22.1. The molecule has 1 atom stereocenters. The number of nitrogens with zero attached hydrogens (tertiary/aromatic N) is 6. The van der Waals surface area contributed by atoms with Crippen LogP contribution < -0.4 is 10.7 Å². The van der Waals surface area contributed by atoms with Gasteiger partial charge in [0.05, 0.1) is 23.5 Å². The quantitative estimate of drug-likeness (QED) is 0.281. The Hall–Kier alpha value is -3.87. The Morgan fingerprint density at radius 1 is 1.19 bits per heavy atom. The lowest BCUT2D eigenvalue weighted by molar-refractivity contribution is -0.00336. The van der Waals surface area contributed by atoms with Crippen molar-refractivity contribution in [3.05, 3.63) is 71.8 Å². The Labute approximate surface area is 249 Å². The van der Waals surface area contributed by atoms with Crippen molar-refractivity contribution in [3.63, 3.8) is 0 Å². The number of aliphatic hydroxyl groups excluding tert-OH is 1. The molecular formula is C30H38N8O3S. The van der Waals surface area contributed by atoms with Crippen molar-refractivity contribution >= 4 is 34.9 Å². The second-order valence-corrected chi connectivity index (χ2v) is 12.4. The van der Waals surface area contributed by atoms with Gasteiger partial charge in [0.25, 0.3) is 0 Å². The number of aromatic amines is 1. The summed E-state index contributed by atoms with van der Waals surface area (Å²) in [5.41, 5.74) is 2.34. The van der Waals surface area contributed by atoms with Gasteiger partial charge in [-0.3, -0.25) is 10.00 Å². The van der Waals surface area contributed by atoms with Crippen molar-refractivity contribution in [1.29, 1.82) is 0 Å². The van der Waals surface area contributed by atoms with Crippen molar-refractivity contribution < 1.29 is 14.6 Å². The first kappa shape index (κ1) is 29.6. The largest absolute Gasteiger partial charge is 0.444 e. The minimum absolute atomic E-state index is 0.00984. The molecule has 1 aliphatic rings. The van der Waals surface area contributed by atoms with Crippen LogP contribution >= 0.6 is 11.8 Å². The zero-order valence-corrected chi connectivity index (χ0v) is 25.3. The van der Waals surface area contributed by atoms with Crippen LogP contribution in [0.1, 0.15) is 26.5 Å². The average Bonchev–Trinajstić information content (AvgIpc) is 3.55. The molecule has 1 aliphatic heterocycles. The van der Waals surface area contributed by atoms with Gasteiger partial charge in [0, 0.05) is 61.3 Å². The molecule has 42 heavy (non-hydrogen) atoms. The van der Waals surface area contributed by atoms with Gasteiger partial charge in [-0.25, -0.2) is 14.3 Å². The van der Waals surface area contributed by atoms with Gasteiger partial charge < -0.3 is 20.1 Å². The van der Waals surface area contributed by atoms with Gasteiger partial charge in [-0.15, -0.1) is 0 Å². The predicted molar refractivity (Wildman–Crippen MR) is 163 cm³/mol. The average molecular weight is 591 g/mol. The molecule has 1 saturated heterocycles. The summed E-state index contributed by atoms with van der Waals surface area (Å²) in [6.07, 6.45) is 1.59. The standard InChI is InChI=1S/C30H38N8O3S/c1-21-18-27(34-33-21)32-25-11-12-28(35-38-14-5-6-26(25)38)42-24-9-7-22(8-10-24)31-13-15-36-16-17-37(19-23(36)20-39)29(40)41-30(2,3)4/h5-12,14,18,23,31,39H,13,15-17,19-20H2,1-4H3,(H,33,34). The lowest BCUT2D eigenvalue weighted by Crippen LogP contribution is -2.57. The van der Waals surface area contributed by atoms with Gasteiger partial charge in [-0.1, -0.05) is 11.8 Å². The van der Waals surface area contributed by atoms with E-state index in [1.165, 1.54) is 0 Å². The molecule has 0 saturated carbocycles. The summed E-state index contributed by atoms with van der Waals surface area (Å²) >= 11 is 1.58. The van der Waals surface area contributed by atoms with Crippen LogP contribution in [-0.2, 0) is 4.74 Å². The third-order valence-corrected chi connectivity index (χ3v) is 7.71. The number of aliphatic hydroxyl groups is 1. The normalized spacial score (nSPS) is 16.6. The molecule has 12 heteroatoms. The van der Waals surface area contributed by atoms with Gasteiger partial charge in [0.15, 0.2) is 5.82 Å². The molecule has 0 aliphatic carbocycles. The Balaban J connectivity index is 1.16. The maximum absolute atomic E-state index is 12.4. The minimum Gasteiger partial charge on any atom is -0.444 e. The highest BCUT2D eigenvalue weighted by Gasteiger charge is 2.31. The van der Waals surface area contributed by atoms with E-state index in [1.54, 1.807) is 16.7 Å². The van der Waals surface area contributed by atoms with Crippen LogP contribution in [0.15, 0.2) is 75.7 Å². The minimum atomic E-state index is -0.536. The summed E-state index contributed by atoms with van der Waals surface area (Å²) in [6, 6.07) is 17.9. The van der Waals surface area contributed by atoms with Crippen molar-refractivity contribution in [2.24, 2.45) is 4.99 Å². The third-order valence-electron chi connectivity index (χ3n) is 6.78. The molecule has 4 heterocycles. The topological polar surface area (TPSA) is 123 Å². The summed E-state index contributed by atoms with van der Waals surface area (Å²) in [6.45, 7) is 10.7. The van der Waals surface area contributed by atoms with Crippen LogP contribution in [0.4, 0.5) is 16.3 Å². The third kappa shape index (κ3) is 7.69. The van der Waals surface area contributed by atoms with Crippen molar-refractivity contribution in [3.8, 4) is 0 Å². The molecule has 5 rings (SSSR count). The number of benzene rings is 1. The highest BCUT2D eigenvalue weighted by molar-refractivity contribution is 7.99. The fraction of sp³-hybridized carbons (Fsp3) is 0.400. The Bertz CT molecular complexity index is 1580. The van der Waals surface area contributed by atoms with Gasteiger partial charge in [-0.05, 0) is 76.2 Å². The molecule has 1 unspecified atom stereocenters. The zero-order valence-electron chi connectivity index (χ0n) is 24.4. The van der Waals surface area contributed by atoms with Crippen LogP contribution in [0.5, 0.6) is 0 Å². The maximum atomic E-state index is 12.4. The van der Waals surface area contributed by atoms with E-state index in [0.29, 0.717) is 25.5 Å². The first-order chi connectivity index (χ1) is 20.2. The number of aromatic nitrogens is 4. The number of carbonyl (C=O) groups excluding carboxylic acids is 1. The number of aryl methyl sites for hydroxylation is 1. The summed E-state index contributed by atoms with van der Waals surface area (Å²) < 4.78 is 7.34. The van der Waals surface area contributed by atoms with Crippen LogP contribution in [0.2, 0.25) is 0 Å². The summed E-state index contributed by atoms with van der Waals surface area (Å²) in [5, 5.41) is 27.0. The number of piperazine rings is 1. The molecule has 11 nitrogen and oxygen atoms in total. The number of H-pyrrole nitrogens is 1. The summed E-state index contributed by atoms with van der Waals surface area (Å²) in [5.74, 6) is 0.633. The second kappa shape index (κ2) is 13.0. The fourth-order valence-electron chi connectivity index (χ4n) is 4.73. The number of nitrogens with one attached hydrogen (secondary N) is 2. The molecule has 3 N–H and O–H groups in total. The molecule has 1 amide bonds. The number of amides is 1. The molecule has 0 radical (unpaired) electrons. The van der Waals surface area contributed by atoms with Crippen molar-refractivity contribution in [2.45, 2.75) is 49.3 Å². The lowest BCUT2D eigenvalue weighted by Gasteiger charge is -2.41. The monoisotopic (exact) mass is 590 g/mol. The zero-order chi connectivity index (χ0) is 29.7. The van der Waals surface area contributed by atoms with Gasteiger partial charge in [0.1, 0.15) is 10.6 Å². The van der Waals surface area contributed by atoms with E-state index in [4.69, 9.17) is 14.8 Å². The smallest absolute Gasteiger partial charge is 0.410 e. The van der Waals surface area contributed by atoms with E-state index in [9.17, 15) is 9.90 Å². The van der Waals surface area contributed by atoms with E-state index >= 15 is 0 Å². The number of rotatable bonds is 8. The van der Waals surface area contributed by atoms with Crippen molar-refractivity contribution in [1.82, 2.24) is 29.6 Å². The Morgan fingerprint density at radius 2 is 2.00 bits per heavy atom. The Kier molecular flexibility index (Phi) is 9.15. The van der Waals surface area contributed by atoms with Crippen LogP contribution in [-0.4, -0.2) is 91.8 Å². The Morgan fingerprint density at radius 3 is 2.71 bits per heavy atom. The van der Waals surface area contributed by atoms with E-state index in [1.807, 2.05) is 68.7 Å². The fourth-order valence-corrected chi connectivity index (χ4v) is 5.51. The van der Waals surface area contributed by atoms with Gasteiger partial charge in [-0.2, -0.15) is 10.2 Å². The number of anilines is 1. The molecule has 1 fully saturated rings. The number of hydrogen-bond donors (Lipinski definition) is 3. The molecule has 0 spiro atoms. The molecule has 0 bridgehead atoms. The van der Waals surface area contributed by atoms with E-state index in [-0.39, 0.29) is 18.7 Å². The number of fused-ring (bicyclic) bond motifs is 1. The highest BCUT2D eigenvalue weighted by atomic mass is 32.2. The molecule has 4 aromatic rings. The van der Waals surface area contributed by atoms with Crippen LogP contribution in [0, 0.1) is 6.92 Å². The SMILES string of the molecule is Cc1cc(N=c2ccc(Sc3ccc(NCCN4CCN(C(=O)OC(C)(C)C)CC4CO)cc3)nn3cccc23)n[nH]1. The van der Waals surface area contributed by atoms with E-state index in [0.717, 1.165) is 45.3 Å². The van der Waals surface area contributed by atoms with Crippen LogP contribution in [0.25, 0.3) is 5.52 Å². The van der Waals surface area contributed by atoms with Crippen molar-refractivity contribution in [2.75, 3.05) is 44.6 Å². The molecule has 3 aromatic heterocycles. The second-order valence-electron chi connectivity index (χ2n) is 11.3. The lowest BCUT2D eigenvalue weighted by atomic mass is 10.1. The van der Waals surface area contributed by atoms with E-state index in [2.05, 4.69) is 44.7 Å².